The van der Waals surface area contributed by atoms with Crippen molar-refractivity contribution in [1.29, 1.82) is 0 Å². The van der Waals surface area contributed by atoms with Crippen LogP contribution in [0.2, 0.25) is 0 Å². The lowest BCUT2D eigenvalue weighted by Gasteiger charge is -2.06. The number of nitrogens with one attached hydrogen (secondary N) is 1. The van der Waals surface area contributed by atoms with Crippen LogP contribution in [0.15, 0.2) is 34.9 Å². The number of anilines is 1. The van der Waals surface area contributed by atoms with Crippen LogP contribution in [-0.2, 0) is 11.2 Å². The fraction of sp³-hybridized carbons (Fsp3) is 0.214. The Kier molecular flexibility index (Phi) is 4.14. The number of rotatable bonds is 5. The fourth-order valence-corrected chi connectivity index (χ4v) is 1.86. The van der Waals surface area contributed by atoms with Crippen LogP contribution in [0.4, 0.5) is 5.82 Å². The van der Waals surface area contributed by atoms with Crippen molar-refractivity contribution in [3.63, 3.8) is 0 Å². The highest BCUT2D eigenvalue weighted by Crippen LogP contribution is 2.12. The molecule has 20 heavy (non-hydrogen) atoms. The first kappa shape index (κ1) is 13.8. The number of amides is 2. The highest BCUT2D eigenvalue weighted by Gasteiger charge is 2.10. The molecule has 2 rings (SSSR count). The second-order valence-electron chi connectivity index (χ2n) is 4.39. The zero-order valence-corrected chi connectivity index (χ0v) is 11.1. The van der Waals surface area contributed by atoms with E-state index in [0.717, 1.165) is 5.56 Å². The zero-order chi connectivity index (χ0) is 14.5. The summed E-state index contributed by atoms with van der Waals surface area (Å²) in [5, 5.41) is 6.30. The van der Waals surface area contributed by atoms with Crippen molar-refractivity contribution in [3.8, 4) is 0 Å². The van der Waals surface area contributed by atoms with E-state index in [1.165, 1.54) is 0 Å². The summed E-state index contributed by atoms with van der Waals surface area (Å²) in [6.07, 6.45) is 0.665. The van der Waals surface area contributed by atoms with Crippen LogP contribution in [0.25, 0.3) is 0 Å². The quantitative estimate of drug-likeness (QED) is 0.865. The summed E-state index contributed by atoms with van der Waals surface area (Å²) in [7, 11) is 0. The first-order chi connectivity index (χ1) is 9.56. The molecule has 0 aliphatic rings. The molecule has 0 aliphatic carbocycles. The summed E-state index contributed by atoms with van der Waals surface area (Å²) < 4.78 is 4.85. The maximum absolute atomic E-state index is 11.8. The van der Waals surface area contributed by atoms with Crippen LogP contribution in [0.5, 0.6) is 0 Å². The van der Waals surface area contributed by atoms with E-state index in [1.54, 1.807) is 37.3 Å². The monoisotopic (exact) mass is 273 g/mol. The summed E-state index contributed by atoms with van der Waals surface area (Å²) in [6.45, 7) is 1.74. The Morgan fingerprint density at radius 3 is 2.75 bits per heavy atom. The van der Waals surface area contributed by atoms with Gasteiger partial charge in [-0.1, -0.05) is 23.4 Å². The van der Waals surface area contributed by atoms with Crippen LogP contribution in [0, 0.1) is 6.92 Å². The van der Waals surface area contributed by atoms with Gasteiger partial charge in [-0.3, -0.25) is 9.59 Å². The van der Waals surface area contributed by atoms with Crippen molar-refractivity contribution in [2.24, 2.45) is 5.73 Å². The summed E-state index contributed by atoms with van der Waals surface area (Å²) in [5.74, 6) is 0.320. The van der Waals surface area contributed by atoms with Gasteiger partial charge in [0.1, 0.15) is 5.76 Å². The molecule has 2 aromatic rings. The van der Waals surface area contributed by atoms with Crippen molar-refractivity contribution in [1.82, 2.24) is 5.16 Å². The van der Waals surface area contributed by atoms with Crippen molar-refractivity contribution >= 4 is 17.6 Å². The number of carbonyl (C=O) groups is 2. The number of nitrogens with zero attached hydrogens (tertiary/aromatic N) is 1. The lowest BCUT2D eigenvalue weighted by atomic mass is 10.0. The highest BCUT2D eigenvalue weighted by molar-refractivity contribution is 5.95. The molecule has 0 fully saturated rings. The first-order valence-electron chi connectivity index (χ1n) is 6.17. The molecule has 1 aromatic heterocycles. The standard InChI is InChI=1S/C14H15N3O3/c1-9-8-12(17-20-9)16-13(18)7-6-10-4-2-3-5-11(10)14(15)19/h2-5,8H,6-7H2,1H3,(H2,15,19)(H,16,17,18). The average Bonchev–Trinajstić information content (AvgIpc) is 2.82. The van der Waals surface area contributed by atoms with Gasteiger partial charge in [-0.25, -0.2) is 0 Å². The second kappa shape index (κ2) is 6.01. The van der Waals surface area contributed by atoms with Gasteiger partial charge in [0.05, 0.1) is 0 Å². The molecule has 0 unspecified atom stereocenters. The molecule has 6 heteroatoms. The van der Waals surface area contributed by atoms with E-state index in [9.17, 15) is 9.59 Å². The summed E-state index contributed by atoms with van der Waals surface area (Å²) >= 11 is 0. The van der Waals surface area contributed by atoms with Gasteiger partial charge in [-0.2, -0.15) is 0 Å². The molecule has 0 saturated heterocycles. The predicted molar refractivity (Wildman–Crippen MR) is 73.2 cm³/mol. The Morgan fingerprint density at radius 2 is 2.10 bits per heavy atom. The van der Waals surface area contributed by atoms with E-state index in [-0.39, 0.29) is 12.3 Å². The molecule has 0 aliphatic heterocycles. The number of primary amides is 1. The number of carbonyl (C=O) groups excluding carboxylic acids is 2. The number of aryl methyl sites for hydroxylation is 2. The molecule has 1 heterocycles. The Balaban J connectivity index is 1.95. The van der Waals surface area contributed by atoms with E-state index in [2.05, 4.69) is 10.5 Å². The molecule has 0 spiro atoms. The van der Waals surface area contributed by atoms with Gasteiger partial charge in [0.2, 0.25) is 11.8 Å². The minimum atomic E-state index is -0.492. The summed E-state index contributed by atoms with van der Waals surface area (Å²) in [5.41, 5.74) is 6.48. The van der Waals surface area contributed by atoms with Crippen LogP contribution >= 0.6 is 0 Å². The Bertz CT molecular complexity index is 634. The first-order valence-corrected chi connectivity index (χ1v) is 6.17. The molecule has 0 saturated carbocycles. The summed E-state index contributed by atoms with van der Waals surface area (Å²) in [4.78, 5) is 23.0. The van der Waals surface area contributed by atoms with Crippen LogP contribution in [0.1, 0.15) is 28.1 Å². The molecule has 6 nitrogen and oxygen atoms in total. The lowest BCUT2D eigenvalue weighted by Crippen LogP contribution is -2.16. The third kappa shape index (κ3) is 3.44. The van der Waals surface area contributed by atoms with Gasteiger partial charge in [-0.15, -0.1) is 0 Å². The number of hydrogen-bond acceptors (Lipinski definition) is 4. The number of hydrogen-bond donors (Lipinski definition) is 2. The third-order valence-electron chi connectivity index (χ3n) is 2.80. The molecular weight excluding hydrogens is 258 g/mol. The van der Waals surface area contributed by atoms with E-state index >= 15 is 0 Å². The maximum atomic E-state index is 11.8. The van der Waals surface area contributed by atoms with Crippen molar-refractivity contribution < 1.29 is 14.1 Å². The number of aromatic nitrogens is 1. The Hall–Kier alpha value is -2.63. The topological polar surface area (TPSA) is 98.2 Å². The van der Waals surface area contributed by atoms with Gasteiger partial charge >= 0.3 is 0 Å². The van der Waals surface area contributed by atoms with Crippen LogP contribution < -0.4 is 11.1 Å². The molecule has 104 valence electrons. The van der Waals surface area contributed by atoms with Crippen LogP contribution in [-0.4, -0.2) is 17.0 Å². The smallest absolute Gasteiger partial charge is 0.248 e. The fourth-order valence-electron chi connectivity index (χ4n) is 1.86. The molecule has 0 radical (unpaired) electrons. The van der Waals surface area contributed by atoms with E-state index < -0.39 is 5.91 Å². The average molecular weight is 273 g/mol. The van der Waals surface area contributed by atoms with Crippen molar-refractivity contribution in [3.05, 3.63) is 47.2 Å². The largest absolute Gasteiger partial charge is 0.366 e. The molecule has 0 bridgehead atoms. The van der Waals surface area contributed by atoms with Gasteiger partial charge < -0.3 is 15.6 Å². The summed E-state index contributed by atoms with van der Waals surface area (Å²) in [6, 6.07) is 8.61. The highest BCUT2D eigenvalue weighted by atomic mass is 16.5. The van der Waals surface area contributed by atoms with Crippen LogP contribution in [0.3, 0.4) is 0 Å². The van der Waals surface area contributed by atoms with Crippen molar-refractivity contribution in [2.75, 3.05) is 5.32 Å². The molecule has 2 amide bonds. The van der Waals surface area contributed by atoms with E-state index in [1.807, 2.05) is 0 Å². The number of benzene rings is 1. The third-order valence-corrected chi connectivity index (χ3v) is 2.80. The van der Waals surface area contributed by atoms with Gasteiger partial charge in [-0.05, 0) is 25.0 Å². The molecule has 1 aromatic carbocycles. The van der Waals surface area contributed by atoms with Crippen molar-refractivity contribution in [2.45, 2.75) is 19.8 Å². The van der Waals surface area contributed by atoms with E-state index in [4.69, 9.17) is 10.3 Å². The molecule has 3 N–H and O–H groups in total. The number of nitrogens with two attached hydrogens (primary N) is 1. The normalized spacial score (nSPS) is 10.2. The molecule has 0 atom stereocenters. The minimum Gasteiger partial charge on any atom is -0.366 e. The predicted octanol–water partition coefficient (Wildman–Crippen LogP) is 1.65. The minimum absolute atomic E-state index is 0.197. The SMILES string of the molecule is Cc1cc(NC(=O)CCc2ccccc2C(N)=O)no1. The van der Waals surface area contributed by atoms with Gasteiger partial charge in [0, 0.05) is 18.1 Å². The molecular formula is C14H15N3O3. The zero-order valence-electron chi connectivity index (χ0n) is 11.1. The maximum Gasteiger partial charge on any atom is 0.248 e. The lowest BCUT2D eigenvalue weighted by molar-refractivity contribution is -0.116. The van der Waals surface area contributed by atoms with Gasteiger partial charge in [0.25, 0.3) is 0 Å². The van der Waals surface area contributed by atoms with Gasteiger partial charge in [0.15, 0.2) is 5.82 Å². The van der Waals surface area contributed by atoms with E-state index in [0.29, 0.717) is 23.6 Å². The Labute approximate surface area is 115 Å². The Morgan fingerprint density at radius 1 is 1.35 bits per heavy atom. The second-order valence-corrected chi connectivity index (χ2v) is 4.39.